The Bertz CT molecular complexity index is 555. The normalized spacial score (nSPS) is 12.5. The number of nitrogens with zero attached hydrogens (tertiary/aromatic N) is 2. The van der Waals surface area contributed by atoms with Crippen molar-refractivity contribution in [2.45, 2.75) is 39.8 Å². The smallest absolute Gasteiger partial charge is 0.191 e. The quantitative estimate of drug-likeness (QED) is 0.283. The van der Waals surface area contributed by atoms with E-state index in [1.807, 2.05) is 0 Å². The van der Waals surface area contributed by atoms with E-state index in [4.69, 9.17) is 9.47 Å². The van der Waals surface area contributed by atoms with Gasteiger partial charge in [-0.15, -0.1) is 24.0 Å². The standard InChI is InChI=1S/C20H36N4O2.HI/c1-7-17(3)26-19-14-16(2)8-9-18(19)15-23-20(21-4)22-10-11-24(5)12-13-25-6;/h8-9,14,17H,7,10-13,15H2,1-6H3,(H2,21,22,23);1H. The highest BCUT2D eigenvalue weighted by Gasteiger charge is 2.09. The van der Waals surface area contributed by atoms with Gasteiger partial charge in [-0.2, -0.15) is 0 Å². The van der Waals surface area contributed by atoms with Crippen molar-refractivity contribution >= 4 is 29.9 Å². The molecule has 7 heteroatoms. The number of aryl methyl sites for hydroxylation is 1. The second kappa shape index (κ2) is 14.9. The first-order valence-corrected chi connectivity index (χ1v) is 9.38. The predicted molar refractivity (Wildman–Crippen MR) is 125 cm³/mol. The lowest BCUT2D eigenvalue weighted by Gasteiger charge is -2.19. The molecule has 0 fully saturated rings. The van der Waals surface area contributed by atoms with Gasteiger partial charge in [0.1, 0.15) is 5.75 Å². The number of likely N-dealkylation sites (N-methyl/N-ethyl adjacent to an activating group) is 1. The Morgan fingerprint density at radius 1 is 1.26 bits per heavy atom. The lowest BCUT2D eigenvalue weighted by molar-refractivity contribution is 0.162. The van der Waals surface area contributed by atoms with Crippen LogP contribution in [0.15, 0.2) is 23.2 Å². The van der Waals surface area contributed by atoms with Crippen LogP contribution in [-0.2, 0) is 11.3 Å². The van der Waals surface area contributed by atoms with Crippen molar-refractivity contribution in [1.82, 2.24) is 15.5 Å². The summed E-state index contributed by atoms with van der Waals surface area (Å²) in [5, 5.41) is 6.71. The predicted octanol–water partition coefficient (Wildman–Crippen LogP) is 3.03. The summed E-state index contributed by atoms with van der Waals surface area (Å²) in [7, 11) is 5.60. The molecule has 1 atom stereocenters. The minimum atomic E-state index is 0. The number of guanidine groups is 1. The fraction of sp³-hybridized carbons (Fsp3) is 0.650. The number of halogens is 1. The lowest BCUT2D eigenvalue weighted by atomic mass is 10.1. The highest BCUT2D eigenvalue weighted by atomic mass is 127. The first kappa shape index (κ1) is 25.9. The Kier molecular flexibility index (Phi) is 14.3. The molecule has 1 aromatic rings. The maximum absolute atomic E-state index is 6.07. The number of hydrogen-bond donors (Lipinski definition) is 2. The molecule has 0 aliphatic carbocycles. The summed E-state index contributed by atoms with van der Waals surface area (Å²) in [6, 6.07) is 6.33. The van der Waals surface area contributed by atoms with Gasteiger partial charge in [0.25, 0.3) is 0 Å². The van der Waals surface area contributed by atoms with Gasteiger partial charge >= 0.3 is 0 Å². The van der Waals surface area contributed by atoms with Gasteiger partial charge in [-0.25, -0.2) is 0 Å². The van der Waals surface area contributed by atoms with Gasteiger partial charge in [-0.3, -0.25) is 4.99 Å². The topological polar surface area (TPSA) is 58.1 Å². The summed E-state index contributed by atoms with van der Waals surface area (Å²) in [5.41, 5.74) is 2.34. The Balaban J connectivity index is 0.00000676. The van der Waals surface area contributed by atoms with Gasteiger partial charge in [-0.05, 0) is 38.9 Å². The van der Waals surface area contributed by atoms with Crippen molar-refractivity contribution in [2.75, 3.05) is 47.4 Å². The fourth-order valence-electron chi connectivity index (χ4n) is 2.34. The molecule has 0 bridgehead atoms. The molecular formula is C20H37IN4O2. The van der Waals surface area contributed by atoms with Crippen LogP contribution < -0.4 is 15.4 Å². The van der Waals surface area contributed by atoms with E-state index in [0.717, 1.165) is 49.9 Å². The van der Waals surface area contributed by atoms with Crippen molar-refractivity contribution in [1.29, 1.82) is 0 Å². The van der Waals surface area contributed by atoms with Crippen LogP contribution >= 0.6 is 24.0 Å². The minimum Gasteiger partial charge on any atom is -0.490 e. The zero-order chi connectivity index (χ0) is 19.4. The SMILES string of the molecule is CCC(C)Oc1cc(C)ccc1CNC(=NC)NCCN(C)CCOC.I. The molecule has 2 N–H and O–H groups in total. The zero-order valence-corrected chi connectivity index (χ0v) is 20.0. The molecule has 0 amide bonds. The second-order valence-electron chi connectivity index (χ2n) is 6.60. The van der Waals surface area contributed by atoms with E-state index in [0.29, 0.717) is 6.54 Å². The van der Waals surface area contributed by atoms with Gasteiger partial charge in [0.15, 0.2) is 5.96 Å². The molecule has 0 radical (unpaired) electrons. The molecule has 0 saturated heterocycles. The third-order valence-electron chi connectivity index (χ3n) is 4.26. The second-order valence-corrected chi connectivity index (χ2v) is 6.60. The maximum Gasteiger partial charge on any atom is 0.191 e. The third-order valence-corrected chi connectivity index (χ3v) is 4.26. The average molecular weight is 492 g/mol. The van der Waals surface area contributed by atoms with E-state index in [9.17, 15) is 0 Å². The summed E-state index contributed by atoms with van der Waals surface area (Å²) in [6.07, 6.45) is 1.19. The van der Waals surface area contributed by atoms with Crippen LogP contribution in [-0.4, -0.2) is 64.4 Å². The highest BCUT2D eigenvalue weighted by molar-refractivity contribution is 14.0. The zero-order valence-electron chi connectivity index (χ0n) is 17.7. The van der Waals surface area contributed by atoms with Crippen LogP contribution in [0.2, 0.25) is 0 Å². The van der Waals surface area contributed by atoms with Crippen LogP contribution in [0.3, 0.4) is 0 Å². The number of rotatable bonds is 11. The van der Waals surface area contributed by atoms with E-state index < -0.39 is 0 Å². The minimum absolute atomic E-state index is 0. The van der Waals surface area contributed by atoms with Crippen LogP contribution in [0.25, 0.3) is 0 Å². The number of methoxy groups -OCH3 is 1. The largest absolute Gasteiger partial charge is 0.490 e. The van der Waals surface area contributed by atoms with Gasteiger partial charge in [0, 0.05) is 45.9 Å². The van der Waals surface area contributed by atoms with Gasteiger partial charge in [-0.1, -0.05) is 19.1 Å². The molecular weight excluding hydrogens is 455 g/mol. The Labute approximate surface area is 182 Å². The number of ether oxygens (including phenoxy) is 2. The maximum atomic E-state index is 6.07. The van der Waals surface area contributed by atoms with E-state index >= 15 is 0 Å². The molecule has 1 rings (SSSR count). The summed E-state index contributed by atoms with van der Waals surface area (Å²) in [4.78, 5) is 6.52. The van der Waals surface area contributed by atoms with E-state index in [2.05, 4.69) is 66.5 Å². The molecule has 0 aliphatic heterocycles. The van der Waals surface area contributed by atoms with Crippen LogP contribution in [0.1, 0.15) is 31.4 Å². The van der Waals surface area contributed by atoms with E-state index in [-0.39, 0.29) is 30.1 Å². The third kappa shape index (κ3) is 10.8. The first-order valence-electron chi connectivity index (χ1n) is 9.38. The number of nitrogens with one attached hydrogen (secondary N) is 2. The number of benzene rings is 1. The molecule has 6 nitrogen and oxygen atoms in total. The Hall–Kier alpha value is -1.06. The van der Waals surface area contributed by atoms with Gasteiger partial charge in [0.2, 0.25) is 0 Å². The summed E-state index contributed by atoms with van der Waals surface area (Å²) < 4.78 is 11.2. The summed E-state index contributed by atoms with van der Waals surface area (Å²) in [6.45, 7) is 10.4. The molecule has 0 heterocycles. The molecule has 0 aliphatic rings. The number of hydrogen-bond acceptors (Lipinski definition) is 4. The van der Waals surface area contributed by atoms with Crippen LogP contribution in [0, 0.1) is 6.92 Å². The van der Waals surface area contributed by atoms with Gasteiger partial charge < -0.3 is 25.0 Å². The molecule has 0 spiro atoms. The summed E-state index contributed by atoms with van der Waals surface area (Å²) in [5.74, 6) is 1.74. The van der Waals surface area contributed by atoms with E-state index in [1.54, 1.807) is 14.2 Å². The fourth-order valence-corrected chi connectivity index (χ4v) is 2.34. The van der Waals surface area contributed by atoms with Crippen molar-refractivity contribution in [3.8, 4) is 5.75 Å². The summed E-state index contributed by atoms with van der Waals surface area (Å²) >= 11 is 0. The number of aliphatic imine (C=N–C) groups is 1. The van der Waals surface area contributed by atoms with Crippen molar-refractivity contribution < 1.29 is 9.47 Å². The van der Waals surface area contributed by atoms with Crippen molar-refractivity contribution in [3.05, 3.63) is 29.3 Å². The van der Waals surface area contributed by atoms with E-state index in [1.165, 1.54) is 5.56 Å². The molecule has 1 aromatic carbocycles. The first-order chi connectivity index (χ1) is 12.5. The highest BCUT2D eigenvalue weighted by Crippen LogP contribution is 2.22. The molecule has 1 unspecified atom stereocenters. The van der Waals surface area contributed by atoms with Crippen LogP contribution in [0.5, 0.6) is 5.75 Å². The lowest BCUT2D eigenvalue weighted by Crippen LogP contribution is -2.41. The molecule has 0 saturated carbocycles. The van der Waals surface area contributed by atoms with Crippen LogP contribution in [0.4, 0.5) is 0 Å². The Morgan fingerprint density at radius 3 is 2.63 bits per heavy atom. The molecule has 27 heavy (non-hydrogen) atoms. The Morgan fingerprint density at radius 2 is 2.00 bits per heavy atom. The monoisotopic (exact) mass is 492 g/mol. The van der Waals surface area contributed by atoms with Crippen molar-refractivity contribution in [3.63, 3.8) is 0 Å². The van der Waals surface area contributed by atoms with Gasteiger partial charge in [0.05, 0.1) is 12.7 Å². The van der Waals surface area contributed by atoms with Crippen molar-refractivity contribution in [2.24, 2.45) is 4.99 Å². The molecule has 156 valence electrons. The molecule has 0 aromatic heterocycles. The average Bonchev–Trinajstić information content (AvgIpc) is 2.63.